The molecule has 0 saturated carbocycles. The van der Waals surface area contributed by atoms with E-state index in [4.69, 9.17) is 11.6 Å². The molecule has 0 aliphatic carbocycles. The van der Waals surface area contributed by atoms with Crippen LogP contribution < -0.4 is 10.6 Å². The lowest BCUT2D eigenvalue weighted by Crippen LogP contribution is -2.36. The molecule has 1 aromatic carbocycles. The average molecular weight is 381 g/mol. The van der Waals surface area contributed by atoms with Crippen LogP contribution in [0.4, 0.5) is 5.82 Å². The van der Waals surface area contributed by atoms with Crippen LogP contribution in [-0.4, -0.2) is 41.8 Å². The van der Waals surface area contributed by atoms with Gasteiger partial charge < -0.3 is 10.6 Å². The van der Waals surface area contributed by atoms with Crippen molar-refractivity contribution in [2.75, 3.05) is 16.8 Å². The number of nitrogens with zero attached hydrogens (tertiary/aromatic N) is 2. The van der Waals surface area contributed by atoms with Gasteiger partial charge in [-0.05, 0) is 18.1 Å². The summed E-state index contributed by atoms with van der Waals surface area (Å²) in [6, 6.07) is 8.58. The van der Waals surface area contributed by atoms with Gasteiger partial charge in [0.25, 0.3) is 5.91 Å². The van der Waals surface area contributed by atoms with Gasteiger partial charge in [-0.15, -0.1) is 0 Å². The smallest absolute Gasteiger partial charge is 0.270 e. The van der Waals surface area contributed by atoms with Gasteiger partial charge in [0.15, 0.2) is 9.84 Å². The fourth-order valence-corrected chi connectivity index (χ4v) is 4.45. The maximum absolute atomic E-state index is 12.2. The summed E-state index contributed by atoms with van der Waals surface area (Å²) in [4.78, 5) is 20.3. The molecule has 1 aromatic heterocycles. The molecular formula is C16H17ClN4O3S. The van der Waals surface area contributed by atoms with Gasteiger partial charge in [0.05, 0.1) is 11.5 Å². The zero-order chi connectivity index (χ0) is 17.9. The van der Waals surface area contributed by atoms with E-state index in [1.54, 1.807) is 6.07 Å². The summed E-state index contributed by atoms with van der Waals surface area (Å²) in [7, 11) is -3.05. The molecule has 3 rings (SSSR count). The van der Waals surface area contributed by atoms with E-state index in [0.29, 0.717) is 23.8 Å². The van der Waals surface area contributed by atoms with E-state index < -0.39 is 15.7 Å². The number of benzene rings is 1. The van der Waals surface area contributed by atoms with Gasteiger partial charge in [0, 0.05) is 23.7 Å². The standard InChI is InChI=1S/C16H17ClN4O3S/c17-13-4-2-1-3-11(13)8-18-15-7-14(19-10-20-15)16(22)21-12-5-6-25(23,24)9-12/h1-4,7,10,12H,5-6,8-9H2,(H,21,22)(H,18,19,20). The summed E-state index contributed by atoms with van der Waals surface area (Å²) < 4.78 is 22.9. The number of amides is 1. The minimum atomic E-state index is -3.05. The Morgan fingerprint density at radius 1 is 1.28 bits per heavy atom. The number of aromatic nitrogens is 2. The molecule has 1 aliphatic rings. The fraction of sp³-hybridized carbons (Fsp3) is 0.312. The van der Waals surface area contributed by atoms with E-state index in [1.165, 1.54) is 12.4 Å². The number of carbonyl (C=O) groups excluding carboxylic acids is 1. The Hall–Kier alpha value is -2.19. The molecule has 2 heterocycles. The third kappa shape index (κ3) is 4.67. The third-order valence-corrected chi connectivity index (χ3v) is 6.02. The summed E-state index contributed by atoms with van der Waals surface area (Å²) in [5, 5.41) is 6.44. The second kappa shape index (κ2) is 7.37. The summed E-state index contributed by atoms with van der Waals surface area (Å²) in [6.07, 6.45) is 1.71. The molecular weight excluding hydrogens is 364 g/mol. The van der Waals surface area contributed by atoms with Crippen LogP contribution in [0.25, 0.3) is 0 Å². The molecule has 2 aromatic rings. The summed E-state index contributed by atoms with van der Waals surface area (Å²) in [5.74, 6) is 0.151. The number of carbonyl (C=O) groups is 1. The van der Waals surface area contributed by atoms with Gasteiger partial charge >= 0.3 is 0 Å². The van der Waals surface area contributed by atoms with Crippen molar-refractivity contribution < 1.29 is 13.2 Å². The van der Waals surface area contributed by atoms with Crippen LogP contribution in [0.5, 0.6) is 0 Å². The SMILES string of the molecule is O=C(NC1CCS(=O)(=O)C1)c1cc(NCc2ccccc2Cl)ncn1. The van der Waals surface area contributed by atoms with Crippen LogP contribution in [0.3, 0.4) is 0 Å². The zero-order valence-electron chi connectivity index (χ0n) is 13.3. The lowest BCUT2D eigenvalue weighted by atomic mass is 10.2. The van der Waals surface area contributed by atoms with Crippen molar-refractivity contribution in [3.05, 3.63) is 52.9 Å². The second-order valence-corrected chi connectivity index (χ2v) is 8.44. The topological polar surface area (TPSA) is 101 Å². The van der Waals surface area contributed by atoms with Crippen LogP contribution in [-0.2, 0) is 16.4 Å². The van der Waals surface area contributed by atoms with Gasteiger partial charge in [-0.3, -0.25) is 4.79 Å². The van der Waals surface area contributed by atoms with Crippen molar-refractivity contribution in [2.45, 2.75) is 19.0 Å². The molecule has 1 amide bonds. The van der Waals surface area contributed by atoms with Crippen LogP contribution >= 0.6 is 11.6 Å². The molecule has 1 saturated heterocycles. The largest absolute Gasteiger partial charge is 0.366 e. The van der Waals surface area contributed by atoms with Crippen molar-refractivity contribution >= 4 is 33.2 Å². The van der Waals surface area contributed by atoms with Gasteiger partial charge in [-0.25, -0.2) is 18.4 Å². The maximum atomic E-state index is 12.2. The van der Waals surface area contributed by atoms with Gasteiger partial charge in [0.1, 0.15) is 17.8 Å². The first kappa shape index (κ1) is 17.6. The fourth-order valence-electron chi connectivity index (χ4n) is 2.57. The highest BCUT2D eigenvalue weighted by Gasteiger charge is 2.29. The normalized spacial score (nSPS) is 18.7. The Labute approximate surface area is 150 Å². The van der Waals surface area contributed by atoms with Gasteiger partial charge in [0.2, 0.25) is 0 Å². The molecule has 9 heteroatoms. The molecule has 132 valence electrons. The highest BCUT2D eigenvalue weighted by Crippen LogP contribution is 2.16. The summed E-state index contributed by atoms with van der Waals surface area (Å²) in [5.41, 5.74) is 1.09. The molecule has 0 bridgehead atoms. The van der Waals surface area contributed by atoms with Crippen LogP contribution in [0.1, 0.15) is 22.5 Å². The number of anilines is 1. The predicted octanol–water partition coefficient (Wildman–Crippen LogP) is 1.66. The second-order valence-electron chi connectivity index (χ2n) is 5.81. The Kier molecular flexibility index (Phi) is 5.19. The van der Waals surface area contributed by atoms with Crippen molar-refractivity contribution in [1.29, 1.82) is 0 Å². The number of nitrogens with one attached hydrogen (secondary N) is 2. The van der Waals surface area contributed by atoms with Gasteiger partial charge in [-0.2, -0.15) is 0 Å². The van der Waals surface area contributed by atoms with Crippen LogP contribution in [0, 0.1) is 0 Å². The van der Waals surface area contributed by atoms with E-state index in [9.17, 15) is 13.2 Å². The molecule has 0 spiro atoms. The summed E-state index contributed by atoms with van der Waals surface area (Å²) >= 11 is 6.10. The van der Waals surface area contributed by atoms with Crippen molar-refractivity contribution in [3.8, 4) is 0 Å². The number of hydrogen-bond acceptors (Lipinski definition) is 6. The Morgan fingerprint density at radius 2 is 2.08 bits per heavy atom. The van der Waals surface area contributed by atoms with Crippen LogP contribution in [0.2, 0.25) is 5.02 Å². The highest BCUT2D eigenvalue weighted by molar-refractivity contribution is 7.91. The van der Waals surface area contributed by atoms with E-state index >= 15 is 0 Å². The van der Waals surface area contributed by atoms with E-state index in [0.717, 1.165) is 5.56 Å². The molecule has 0 radical (unpaired) electrons. The first-order chi connectivity index (χ1) is 11.9. The van der Waals surface area contributed by atoms with Crippen molar-refractivity contribution in [3.63, 3.8) is 0 Å². The number of hydrogen-bond donors (Lipinski definition) is 2. The number of halogens is 1. The minimum Gasteiger partial charge on any atom is -0.366 e. The van der Waals surface area contributed by atoms with Gasteiger partial charge in [-0.1, -0.05) is 29.8 Å². The molecule has 7 nitrogen and oxygen atoms in total. The molecule has 1 atom stereocenters. The van der Waals surface area contributed by atoms with E-state index in [-0.39, 0.29) is 23.2 Å². The molecule has 2 N–H and O–H groups in total. The van der Waals surface area contributed by atoms with E-state index in [1.807, 2.05) is 18.2 Å². The molecule has 1 unspecified atom stereocenters. The average Bonchev–Trinajstić information content (AvgIpc) is 2.93. The lowest BCUT2D eigenvalue weighted by molar-refractivity contribution is 0.0936. The molecule has 25 heavy (non-hydrogen) atoms. The molecule has 1 fully saturated rings. The highest BCUT2D eigenvalue weighted by atomic mass is 35.5. The van der Waals surface area contributed by atoms with Crippen molar-refractivity contribution in [1.82, 2.24) is 15.3 Å². The first-order valence-electron chi connectivity index (χ1n) is 7.73. The third-order valence-electron chi connectivity index (χ3n) is 3.89. The number of rotatable bonds is 5. The number of sulfone groups is 1. The predicted molar refractivity (Wildman–Crippen MR) is 95.3 cm³/mol. The van der Waals surface area contributed by atoms with Crippen molar-refractivity contribution in [2.24, 2.45) is 0 Å². The maximum Gasteiger partial charge on any atom is 0.270 e. The Morgan fingerprint density at radius 3 is 2.80 bits per heavy atom. The van der Waals surface area contributed by atoms with E-state index in [2.05, 4.69) is 20.6 Å². The Bertz CT molecular complexity index is 888. The first-order valence-corrected chi connectivity index (χ1v) is 9.93. The quantitative estimate of drug-likeness (QED) is 0.818. The monoisotopic (exact) mass is 380 g/mol. The minimum absolute atomic E-state index is 0.0264. The summed E-state index contributed by atoms with van der Waals surface area (Å²) in [6.45, 7) is 0.457. The Balaban J connectivity index is 1.63. The van der Waals surface area contributed by atoms with Crippen LogP contribution in [0.15, 0.2) is 36.7 Å². The lowest BCUT2D eigenvalue weighted by Gasteiger charge is -2.11. The zero-order valence-corrected chi connectivity index (χ0v) is 14.8. The molecule has 1 aliphatic heterocycles.